The Hall–Kier alpha value is -2.48. The van der Waals surface area contributed by atoms with Crippen LogP contribution < -0.4 is 11.1 Å². The molecule has 0 aromatic heterocycles. The Kier molecular flexibility index (Phi) is 5.60. The lowest BCUT2D eigenvalue weighted by Crippen LogP contribution is -2.41. The molecule has 0 aliphatic carbocycles. The van der Waals surface area contributed by atoms with E-state index in [1.807, 2.05) is 0 Å². The lowest BCUT2D eigenvalue weighted by Gasteiger charge is -2.16. The van der Waals surface area contributed by atoms with Crippen molar-refractivity contribution in [1.29, 1.82) is 0 Å². The summed E-state index contributed by atoms with van der Waals surface area (Å²) in [5.41, 5.74) is 5.41. The second-order valence-electron chi connectivity index (χ2n) is 4.16. The first-order chi connectivity index (χ1) is 9.43. The number of nitrogens with two attached hydrogens (primary N) is 1. The smallest absolute Gasteiger partial charge is 0.305 e. The average Bonchev–Trinajstić information content (AvgIpc) is 2.38. The molecule has 1 aromatic rings. The summed E-state index contributed by atoms with van der Waals surface area (Å²) < 4.78 is 0. The number of carboxylic acid groups (broad SMARTS) is 1. The van der Waals surface area contributed by atoms with Gasteiger partial charge in [-0.2, -0.15) is 0 Å². The van der Waals surface area contributed by atoms with Crippen molar-refractivity contribution in [2.45, 2.75) is 18.9 Å². The lowest BCUT2D eigenvalue weighted by molar-refractivity contribution is -0.385. The van der Waals surface area contributed by atoms with Crippen molar-refractivity contribution in [1.82, 2.24) is 5.32 Å². The molecule has 4 N–H and O–H groups in total. The minimum absolute atomic E-state index is 0.0508. The van der Waals surface area contributed by atoms with Crippen LogP contribution in [-0.4, -0.2) is 34.5 Å². The standard InChI is InChI=1S/C12H15N3O5/c13-7-11(16)14-9(6-12(17)18)5-8-3-1-2-4-10(8)15(19)20/h1-4,9H,5-7,13H2,(H,14,16)(H,17,18). The molecule has 0 fully saturated rings. The van der Waals surface area contributed by atoms with E-state index in [9.17, 15) is 19.7 Å². The fourth-order valence-electron chi connectivity index (χ4n) is 1.80. The summed E-state index contributed by atoms with van der Waals surface area (Å²) >= 11 is 0. The number of carboxylic acids is 1. The Morgan fingerprint density at radius 1 is 1.40 bits per heavy atom. The van der Waals surface area contributed by atoms with Crippen LogP contribution in [0.15, 0.2) is 24.3 Å². The van der Waals surface area contributed by atoms with Gasteiger partial charge in [0.2, 0.25) is 5.91 Å². The Balaban J connectivity index is 2.91. The number of rotatable bonds is 7. The van der Waals surface area contributed by atoms with Gasteiger partial charge < -0.3 is 16.2 Å². The predicted molar refractivity (Wildman–Crippen MR) is 70.0 cm³/mol. The van der Waals surface area contributed by atoms with E-state index in [4.69, 9.17) is 10.8 Å². The molecule has 1 atom stereocenters. The van der Waals surface area contributed by atoms with Crippen LogP contribution in [0.4, 0.5) is 5.69 Å². The van der Waals surface area contributed by atoms with E-state index in [1.165, 1.54) is 18.2 Å². The molecule has 0 saturated heterocycles. The Bertz CT molecular complexity index is 518. The molecule has 20 heavy (non-hydrogen) atoms. The summed E-state index contributed by atoms with van der Waals surface area (Å²) in [6, 6.07) is 5.25. The number of carbonyl (C=O) groups excluding carboxylic acids is 1. The highest BCUT2D eigenvalue weighted by molar-refractivity contribution is 5.79. The van der Waals surface area contributed by atoms with Gasteiger partial charge in [-0.15, -0.1) is 0 Å². The second kappa shape index (κ2) is 7.19. The number of nitrogens with zero attached hydrogens (tertiary/aromatic N) is 1. The second-order valence-corrected chi connectivity index (χ2v) is 4.16. The summed E-state index contributed by atoms with van der Waals surface area (Å²) in [7, 11) is 0. The molecule has 0 radical (unpaired) electrons. The van der Waals surface area contributed by atoms with Gasteiger partial charge in [-0.1, -0.05) is 18.2 Å². The van der Waals surface area contributed by atoms with E-state index in [0.29, 0.717) is 5.56 Å². The van der Waals surface area contributed by atoms with Crippen LogP contribution in [0.2, 0.25) is 0 Å². The van der Waals surface area contributed by atoms with Crippen molar-refractivity contribution in [2.75, 3.05) is 6.54 Å². The van der Waals surface area contributed by atoms with Gasteiger partial charge in [0, 0.05) is 17.7 Å². The lowest BCUT2D eigenvalue weighted by atomic mass is 10.0. The number of hydrogen-bond donors (Lipinski definition) is 3. The summed E-state index contributed by atoms with van der Waals surface area (Å²) in [4.78, 5) is 32.4. The number of nitro groups is 1. The first-order valence-electron chi connectivity index (χ1n) is 5.87. The topological polar surface area (TPSA) is 136 Å². The van der Waals surface area contributed by atoms with Crippen LogP contribution in [0, 0.1) is 10.1 Å². The highest BCUT2D eigenvalue weighted by Crippen LogP contribution is 2.20. The van der Waals surface area contributed by atoms with Gasteiger partial charge in [-0.05, 0) is 6.42 Å². The van der Waals surface area contributed by atoms with Crippen molar-refractivity contribution in [2.24, 2.45) is 5.73 Å². The third-order valence-corrected chi connectivity index (χ3v) is 2.63. The fourth-order valence-corrected chi connectivity index (χ4v) is 1.80. The number of carbonyl (C=O) groups is 2. The van der Waals surface area contributed by atoms with Gasteiger partial charge in [-0.25, -0.2) is 0 Å². The molecule has 1 rings (SSSR count). The molecule has 0 spiro atoms. The average molecular weight is 281 g/mol. The fraction of sp³-hybridized carbons (Fsp3) is 0.333. The SMILES string of the molecule is NCC(=O)NC(CC(=O)O)Cc1ccccc1[N+](=O)[O-]. The van der Waals surface area contributed by atoms with E-state index in [1.54, 1.807) is 6.07 Å². The van der Waals surface area contributed by atoms with Crippen LogP contribution >= 0.6 is 0 Å². The van der Waals surface area contributed by atoms with E-state index in [2.05, 4.69) is 5.32 Å². The zero-order chi connectivity index (χ0) is 15.1. The summed E-state index contributed by atoms with van der Waals surface area (Å²) in [6.07, 6.45) is -0.285. The van der Waals surface area contributed by atoms with Gasteiger partial charge in [0.05, 0.1) is 17.9 Å². The van der Waals surface area contributed by atoms with Crippen LogP contribution in [-0.2, 0) is 16.0 Å². The number of aliphatic carboxylic acids is 1. The molecule has 8 nitrogen and oxygen atoms in total. The first kappa shape index (κ1) is 15.6. The van der Waals surface area contributed by atoms with Gasteiger partial charge in [-0.3, -0.25) is 19.7 Å². The normalized spacial score (nSPS) is 11.7. The van der Waals surface area contributed by atoms with Crippen LogP contribution in [0.25, 0.3) is 0 Å². The van der Waals surface area contributed by atoms with E-state index < -0.39 is 22.8 Å². The molecular weight excluding hydrogens is 266 g/mol. The largest absolute Gasteiger partial charge is 0.481 e. The molecule has 0 aliphatic rings. The molecular formula is C12H15N3O5. The molecule has 1 aromatic carbocycles. The van der Waals surface area contributed by atoms with E-state index >= 15 is 0 Å². The molecule has 1 unspecified atom stereocenters. The van der Waals surface area contributed by atoms with Crippen molar-refractivity contribution in [3.05, 3.63) is 39.9 Å². The maximum atomic E-state index is 11.2. The van der Waals surface area contributed by atoms with Crippen molar-refractivity contribution >= 4 is 17.6 Å². The van der Waals surface area contributed by atoms with Gasteiger partial charge in [0.25, 0.3) is 5.69 Å². The van der Waals surface area contributed by atoms with E-state index in [0.717, 1.165) is 0 Å². The number of benzene rings is 1. The van der Waals surface area contributed by atoms with Crippen molar-refractivity contribution < 1.29 is 19.6 Å². The van der Waals surface area contributed by atoms with Crippen LogP contribution in [0.5, 0.6) is 0 Å². The molecule has 108 valence electrons. The maximum Gasteiger partial charge on any atom is 0.305 e. The monoisotopic (exact) mass is 281 g/mol. The third-order valence-electron chi connectivity index (χ3n) is 2.63. The van der Waals surface area contributed by atoms with Crippen molar-refractivity contribution in [3.63, 3.8) is 0 Å². The quantitative estimate of drug-likeness (QED) is 0.477. The predicted octanol–water partition coefficient (Wildman–Crippen LogP) is 0.0555. The zero-order valence-electron chi connectivity index (χ0n) is 10.6. The number of hydrogen-bond acceptors (Lipinski definition) is 5. The molecule has 1 amide bonds. The van der Waals surface area contributed by atoms with Crippen LogP contribution in [0.3, 0.4) is 0 Å². The molecule has 0 bridgehead atoms. The Morgan fingerprint density at radius 3 is 2.60 bits per heavy atom. The van der Waals surface area contributed by atoms with Gasteiger partial charge >= 0.3 is 5.97 Å². The number of nitro benzene ring substituents is 1. The third kappa shape index (κ3) is 4.65. The number of amides is 1. The summed E-state index contributed by atoms with van der Waals surface area (Å²) in [5.74, 6) is -1.61. The summed E-state index contributed by atoms with van der Waals surface area (Å²) in [5, 5.41) is 22.1. The minimum Gasteiger partial charge on any atom is -0.481 e. The molecule has 8 heteroatoms. The Morgan fingerprint density at radius 2 is 2.05 bits per heavy atom. The van der Waals surface area contributed by atoms with Crippen molar-refractivity contribution in [3.8, 4) is 0 Å². The van der Waals surface area contributed by atoms with Gasteiger partial charge in [0.15, 0.2) is 0 Å². The van der Waals surface area contributed by atoms with Gasteiger partial charge in [0.1, 0.15) is 0 Å². The van der Waals surface area contributed by atoms with Crippen LogP contribution in [0.1, 0.15) is 12.0 Å². The molecule has 0 aliphatic heterocycles. The van der Waals surface area contributed by atoms with E-state index in [-0.39, 0.29) is 25.1 Å². The maximum absolute atomic E-state index is 11.2. The molecule has 0 saturated carbocycles. The highest BCUT2D eigenvalue weighted by Gasteiger charge is 2.20. The summed E-state index contributed by atoms with van der Waals surface area (Å²) in [6.45, 7) is -0.271. The highest BCUT2D eigenvalue weighted by atomic mass is 16.6. The number of para-hydroxylation sites is 1. The minimum atomic E-state index is -1.11. The zero-order valence-corrected chi connectivity index (χ0v) is 10.6. The first-order valence-corrected chi connectivity index (χ1v) is 5.87. The molecule has 0 heterocycles. The number of nitrogens with one attached hydrogen (secondary N) is 1. The Labute approximate surface area is 114 Å².